The summed E-state index contributed by atoms with van der Waals surface area (Å²) in [6, 6.07) is 57.5. The van der Waals surface area contributed by atoms with Gasteiger partial charge in [-0.1, -0.05) is 123 Å². The number of para-hydroxylation sites is 3. The molecule has 2 heteroatoms. The van der Waals surface area contributed by atoms with Crippen LogP contribution in [0.2, 0.25) is 0 Å². The van der Waals surface area contributed by atoms with Gasteiger partial charge in [0.25, 0.3) is 0 Å². The molecule has 214 valence electrons. The number of rotatable bonds is 4. The molecule has 0 fully saturated rings. The van der Waals surface area contributed by atoms with Gasteiger partial charge in [-0.15, -0.1) is 0 Å². The molecule has 0 N–H and O–H groups in total. The van der Waals surface area contributed by atoms with Crippen LogP contribution in [0, 0.1) is 0 Å². The van der Waals surface area contributed by atoms with Crippen LogP contribution < -0.4 is 4.90 Å². The number of nitrogens with zero attached hydrogens (tertiary/aromatic N) is 2. The highest BCUT2D eigenvalue weighted by atomic mass is 15.1. The van der Waals surface area contributed by atoms with Crippen LogP contribution in [-0.4, -0.2) is 4.57 Å². The highest BCUT2D eigenvalue weighted by Gasteiger charge is 2.38. The second kappa shape index (κ2) is 9.70. The molecule has 0 atom stereocenters. The van der Waals surface area contributed by atoms with Gasteiger partial charge in [0, 0.05) is 44.2 Å². The highest BCUT2D eigenvalue weighted by Crippen LogP contribution is 2.53. The predicted molar refractivity (Wildman–Crippen MR) is 191 cm³/mol. The van der Waals surface area contributed by atoms with Crippen molar-refractivity contribution >= 4 is 49.6 Å². The number of aromatic nitrogens is 1. The summed E-state index contributed by atoms with van der Waals surface area (Å²) in [4.78, 5) is 2.36. The molecule has 8 aromatic rings. The van der Waals surface area contributed by atoms with E-state index in [1.807, 2.05) is 0 Å². The van der Waals surface area contributed by atoms with E-state index in [2.05, 4.69) is 181 Å². The maximum atomic E-state index is 2.52. The lowest BCUT2D eigenvalue weighted by Gasteiger charge is -2.28. The lowest BCUT2D eigenvalue weighted by Crippen LogP contribution is -2.16. The van der Waals surface area contributed by atoms with Gasteiger partial charge >= 0.3 is 0 Å². The Bertz CT molecular complexity index is 2360. The zero-order valence-electron chi connectivity index (χ0n) is 25.4. The Morgan fingerprint density at radius 2 is 1.16 bits per heavy atom. The van der Waals surface area contributed by atoms with Crippen LogP contribution in [0.15, 0.2) is 158 Å². The Morgan fingerprint density at radius 1 is 0.489 bits per heavy atom. The summed E-state index contributed by atoms with van der Waals surface area (Å²) in [5.74, 6) is 0. The first-order valence-electron chi connectivity index (χ1n) is 15.7. The van der Waals surface area contributed by atoms with Gasteiger partial charge in [-0.05, 0) is 70.6 Å². The molecular formula is C43H32N2. The second-order valence-electron chi connectivity index (χ2n) is 12.6. The van der Waals surface area contributed by atoms with E-state index >= 15 is 0 Å². The standard InChI is InChI=1S/C43H32N2/c1-43(2)37-21-13-23-40(45-39-22-12-11-20-34(39)35-26-24-29-14-9-10-19-33(29)42(35)45)41(37)36-27-25-32(28-38(36)43)44(30-15-5-3-6-16-30)31-17-7-4-8-18-31/h3-28H,1-2H3. The van der Waals surface area contributed by atoms with Crippen molar-refractivity contribution in [1.29, 1.82) is 0 Å². The van der Waals surface area contributed by atoms with Crippen molar-refractivity contribution in [3.05, 3.63) is 169 Å². The Kier molecular flexibility index (Phi) is 5.58. The van der Waals surface area contributed by atoms with Crippen molar-refractivity contribution in [2.75, 3.05) is 4.90 Å². The number of benzene rings is 7. The maximum Gasteiger partial charge on any atom is 0.0619 e. The monoisotopic (exact) mass is 576 g/mol. The molecule has 45 heavy (non-hydrogen) atoms. The van der Waals surface area contributed by atoms with Crippen LogP contribution >= 0.6 is 0 Å². The third-order valence-electron chi connectivity index (χ3n) is 9.75. The normalized spacial score (nSPS) is 13.3. The maximum absolute atomic E-state index is 2.52. The van der Waals surface area contributed by atoms with E-state index in [0.717, 1.165) is 17.1 Å². The summed E-state index contributed by atoms with van der Waals surface area (Å²) in [5, 5.41) is 5.10. The Balaban J connectivity index is 1.32. The topological polar surface area (TPSA) is 8.17 Å². The van der Waals surface area contributed by atoms with Crippen molar-refractivity contribution in [2.24, 2.45) is 0 Å². The molecule has 7 aromatic carbocycles. The fraction of sp³-hybridized carbons (Fsp3) is 0.0698. The van der Waals surface area contributed by atoms with Crippen molar-refractivity contribution in [3.8, 4) is 16.8 Å². The van der Waals surface area contributed by atoms with Crippen LogP contribution in [0.25, 0.3) is 49.4 Å². The number of hydrogen-bond donors (Lipinski definition) is 0. The Hall–Kier alpha value is -5.60. The minimum absolute atomic E-state index is 0.170. The summed E-state index contributed by atoms with van der Waals surface area (Å²) in [6.07, 6.45) is 0. The molecule has 1 heterocycles. The van der Waals surface area contributed by atoms with Crippen LogP contribution in [0.3, 0.4) is 0 Å². The van der Waals surface area contributed by atoms with Crippen LogP contribution in [-0.2, 0) is 5.41 Å². The average Bonchev–Trinajstić information content (AvgIpc) is 3.55. The van der Waals surface area contributed by atoms with E-state index in [0.29, 0.717) is 0 Å². The molecule has 9 rings (SSSR count). The van der Waals surface area contributed by atoms with Gasteiger partial charge in [-0.3, -0.25) is 0 Å². The largest absolute Gasteiger partial charge is 0.310 e. The molecule has 0 saturated carbocycles. The lowest BCUT2D eigenvalue weighted by atomic mass is 9.82. The molecule has 0 amide bonds. The fourth-order valence-electron chi connectivity index (χ4n) is 7.66. The van der Waals surface area contributed by atoms with Gasteiger partial charge in [0.15, 0.2) is 0 Å². The molecule has 1 aliphatic carbocycles. The van der Waals surface area contributed by atoms with E-state index in [1.165, 1.54) is 60.5 Å². The average molecular weight is 577 g/mol. The van der Waals surface area contributed by atoms with Crippen molar-refractivity contribution in [1.82, 2.24) is 4.57 Å². The molecular weight excluding hydrogens is 544 g/mol. The summed E-state index contributed by atoms with van der Waals surface area (Å²) >= 11 is 0. The van der Waals surface area contributed by atoms with E-state index in [9.17, 15) is 0 Å². The second-order valence-corrected chi connectivity index (χ2v) is 12.6. The SMILES string of the molecule is CC1(C)c2cc(N(c3ccccc3)c3ccccc3)ccc2-c2c(-n3c4ccccc4c4ccc5ccccc5c43)cccc21. The van der Waals surface area contributed by atoms with Gasteiger partial charge in [-0.25, -0.2) is 0 Å². The third-order valence-corrected chi connectivity index (χ3v) is 9.75. The molecule has 0 unspecified atom stereocenters. The molecule has 0 bridgehead atoms. The van der Waals surface area contributed by atoms with Gasteiger partial charge in [0.1, 0.15) is 0 Å². The van der Waals surface area contributed by atoms with Crippen LogP contribution in [0.1, 0.15) is 25.0 Å². The minimum atomic E-state index is -0.170. The summed E-state index contributed by atoms with van der Waals surface area (Å²) in [7, 11) is 0. The van der Waals surface area contributed by atoms with Crippen molar-refractivity contribution in [3.63, 3.8) is 0 Å². The zero-order chi connectivity index (χ0) is 30.1. The summed E-state index contributed by atoms with van der Waals surface area (Å²) in [5.41, 5.74) is 12.4. The van der Waals surface area contributed by atoms with Gasteiger partial charge < -0.3 is 9.47 Å². The van der Waals surface area contributed by atoms with Gasteiger partial charge in [0.05, 0.1) is 16.7 Å². The van der Waals surface area contributed by atoms with Crippen LogP contribution in [0.4, 0.5) is 17.1 Å². The predicted octanol–water partition coefficient (Wildman–Crippen LogP) is 11.7. The molecule has 1 aliphatic rings. The molecule has 1 aromatic heterocycles. The van der Waals surface area contributed by atoms with Gasteiger partial charge in [-0.2, -0.15) is 0 Å². The molecule has 0 aliphatic heterocycles. The first-order chi connectivity index (χ1) is 22.1. The fourth-order valence-corrected chi connectivity index (χ4v) is 7.66. The smallest absolute Gasteiger partial charge is 0.0619 e. The Labute approximate surface area is 263 Å². The lowest BCUT2D eigenvalue weighted by molar-refractivity contribution is 0.660. The number of fused-ring (bicyclic) bond motifs is 8. The van der Waals surface area contributed by atoms with Crippen molar-refractivity contribution in [2.45, 2.75) is 19.3 Å². The third kappa shape index (κ3) is 3.76. The quantitative estimate of drug-likeness (QED) is 0.202. The van der Waals surface area contributed by atoms with Crippen LogP contribution in [0.5, 0.6) is 0 Å². The summed E-state index contributed by atoms with van der Waals surface area (Å²) in [6.45, 7) is 4.75. The minimum Gasteiger partial charge on any atom is -0.310 e. The van der Waals surface area contributed by atoms with Gasteiger partial charge in [0.2, 0.25) is 0 Å². The number of anilines is 3. The van der Waals surface area contributed by atoms with E-state index in [1.54, 1.807) is 0 Å². The molecule has 0 spiro atoms. The van der Waals surface area contributed by atoms with Crippen molar-refractivity contribution < 1.29 is 0 Å². The van der Waals surface area contributed by atoms with E-state index in [4.69, 9.17) is 0 Å². The number of hydrogen-bond acceptors (Lipinski definition) is 1. The highest BCUT2D eigenvalue weighted by molar-refractivity contribution is 6.19. The molecule has 0 radical (unpaired) electrons. The Morgan fingerprint density at radius 3 is 1.91 bits per heavy atom. The van der Waals surface area contributed by atoms with E-state index in [-0.39, 0.29) is 5.41 Å². The first-order valence-corrected chi connectivity index (χ1v) is 15.7. The van der Waals surface area contributed by atoms with E-state index < -0.39 is 0 Å². The summed E-state index contributed by atoms with van der Waals surface area (Å²) < 4.78 is 2.52. The zero-order valence-corrected chi connectivity index (χ0v) is 25.4. The molecule has 0 saturated heterocycles. The molecule has 2 nitrogen and oxygen atoms in total. The first kappa shape index (κ1) is 25.9.